The van der Waals surface area contributed by atoms with Gasteiger partial charge >= 0.3 is 11.9 Å². The molecule has 0 atom stereocenters. The molecule has 0 bridgehead atoms. The number of nitrogens with zero attached hydrogens (tertiary/aromatic N) is 1. The SMILES string of the molecule is C=Cc1ccc(-c2cc(C(=O)O)nc(C(=O)O)c2)cc1. The van der Waals surface area contributed by atoms with Gasteiger partial charge in [0.05, 0.1) is 0 Å². The lowest BCUT2D eigenvalue weighted by Crippen LogP contribution is -2.07. The Kier molecular flexibility index (Phi) is 3.61. The largest absolute Gasteiger partial charge is 0.477 e. The molecule has 5 nitrogen and oxygen atoms in total. The Hall–Kier alpha value is -2.95. The van der Waals surface area contributed by atoms with Crippen molar-refractivity contribution in [2.45, 2.75) is 0 Å². The minimum absolute atomic E-state index is 0.298. The van der Waals surface area contributed by atoms with Gasteiger partial charge in [-0.15, -0.1) is 0 Å². The lowest BCUT2D eigenvalue weighted by molar-refractivity contribution is 0.0685. The van der Waals surface area contributed by atoms with E-state index in [-0.39, 0.29) is 11.4 Å². The minimum Gasteiger partial charge on any atom is -0.477 e. The van der Waals surface area contributed by atoms with Crippen molar-refractivity contribution in [2.24, 2.45) is 0 Å². The van der Waals surface area contributed by atoms with Crippen LogP contribution in [-0.2, 0) is 0 Å². The third-order valence-electron chi connectivity index (χ3n) is 2.74. The van der Waals surface area contributed by atoms with Gasteiger partial charge in [-0.3, -0.25) is 0 Å². The van der Waals surface area contributed by atoms with Gasteiger partial charge in [0.15, 0.2) is 0 Å². The zero-order chi connectivity index (χ0) is 14.7. The molecule has 0 amide bonds. The summed E-state index contributed by atoms with van der Waals surface area (Å²) in [6.07, 6.45) is 1.68. The molecule has 0 fully saturated rings. The van der Waals surface area contributed by atoms with E-state index in [9.17, 15) is 9.59 Å². The Balaban J connectivity index is 2.56. The van der Waals surface area contributed by atoms with Crippen LogP contribution in [0.4, 0.5) is 0 Å². The van der Waals surface area contributed by atoms with Crippen molar-refractivity contribution in [2.75, 3.05) is 0 Å². The van der Waals surface area contributed by atoms with Gasteiger partial charge in [0.2, 0.25) is 0 Å². The number of aromatic carboxylic acids is 2. The predicted octanol–water partition coefficient (Wildman–Crippen LogP) is 2.79. The van der Waals surface area contributed by atoms with E-state index < -0.39 is 11.9 Å². The number of carbonyl (C=O) groups is 2. The van der Waals surface area contributed by atoms with Gasteiger partial charge in [0, 0.05) is 0 Å². The second-order valence-corrected chi connectivity index (χ2v) is 4.06. The zero-order valence-electron chi connectivity index (χ0n) is 10.4. The number of rotatable bonds is 4. The van der Waals surface area contributed by atoms with Crippen molar-refractivity contribution >= 4 is 18.0 Å². The summed E-state index contributed by atoms with van der Waals surface area (Å²) in [7, 11) is 0. The van der Waals surface area contributed by atoms with Gasteiger partial charge in [-0.2, -0.15) is 0 Å². The second kappa shape index (κ2) is 5.36. The quantitative estimate of drug-likeness (QED) is 0.891. The highest BCUT2D eigenvalue weighted by molar-refractivity contribution is 5.92. The molecule has 20 heavy (non-hydrogen) atoms. The fourth-order valence-corrected chi connectivity index (χ4v) is 1.73. The summed E-state index contributed by atoms with van der Waals surface area (Å²) < 4.78 is 0. The van der Waals surface area contributed by atoms with Crippen molar-refractivity contribution in [3.05, 3.63) is 59.9 Å². The average molecular weight is 269 g/mol. The van der Waals surface area contributed by atoms with Gasteiger partial charge in [-0.1, -0.05) is 36.9 Å². The molecule has 0 spiro atoms. The van der Waals surface area contributed by atoms with E-state index in [1.807, 2.05) is 12.1 Å². The van der Waals surface area contributed by atoms with Crippen molar-refractivity contribution in [3.8, 4) is 11.1 Å². The standard InChI is InChI=1S/C15H11NO4/c1-2-9-3-5-10(6-4-9)11-7-12(14(17)18)16-13(8-11)15(19)20/h2-8H,1H2,(H,17,18)(H,19,20). The minimum atomic E-state index is -1.27. The van der Waals surface area contributed by atoms with E-state index in [1.54, 1.807) is 18.2 Å². The highest BCUT2D eigenvalue weighted by Crippen LogP contribution is 2.22. The lowest BCUT2D eigenvalue weighted by Gasteiger charge is -2.05. The number of hydrogen-bond donors (Lipinski definition) is 2. The molecule has 0 saturated carbocycles. The van der Waals surface area contributed by atoms with Crippen molar-refractivity contribution in [3.63, 3.8) is 0 Å². The highest BCUT2D eigenvalue weighted by Gasteiger charge is 2.14. The average Bonchev–Trinajstić information content (AvgIpc) is 2.46. The van der Waals surface area contributed by atoms with Crippen LogP contribution in [0.25, 0.3) is 17.2 Å². The first-order valence-electron chi connectivity index (χ1n) is 5.73. The Morgan fingerprint density at radius 2 is 1.45 bits per heavy atom. The number of hydrogen-bond acceptors (Lipinski definition) is 3. The molecule has 100 valence electrons. The topological polar surface area (TPSA) is 87.5 Å². The molecule has 2 N–H and O–H groups in total. The molecule has 5 heteroatoms. The number of carboxylic acid groups (broad SMARTS) is 2. The molecule has 0 aliphatic heterocycles. The van der Waals surface area contributed by atoms with E-state index in [2.05, 4.69) is 11.6 Å². The molecule has 1 aromatic heterocycles. The Bertz CT molecular complexity index is 657. The summed E-state index contributed by atoms with van der Waals surface area (Å²) in [6.45, 7) is 3.64. The first kappa shape index (κ1) is 13.5. The second-order valence-electron chi connectivity index (χ2n) is 4.06. The maximum Gasteiger partial charge on any atom is 0.354 e. The van der Waals surface area contributed by atoms with E-state index in [1.165, 1.54) is 12.1 Å². The Morgan fingerprint density at radius 1 is 0.950 bits per heavy atom. The van der Waals surface area contributed by atoms with Crippen molar-refractivity contribution in [1.29, 1.82) is 0 Å². The summed E-state index contributed by atoms with van der Waals surface area (Å²) >= 11 is 0. The van der Waals surface area contributed by atoms with Gasteiger partial charge in [0.25, 0.3) is 0 Å². The van der Waals surface area contributed by atoms with E-state index in [0.717, 1.165) is 5.56 Å². The Morgan fingerprint density at radius 3 is 1.85 bits per heavy atom. The van der Waals surface area contributed by atoms with Crippen LogP contribution >= 0.6 is 0 Å². The van der Waals surface area contributed by atoms with Gasteiger partial charge in [-0.05, 0) is 28.8 Å². The van der Waals surface area contributed by atoms with E-state index in [4.69, 9.17) is 10.2 Å². The van der Waals surface area contributed by atoms with E-state index >= 15 is 0 Å². The zero-order valence-corrected chi connectivity index (χ0v) is 10.4. The van der Waals surface area contributed by atoms with Crippen LogP contribution in [0, 0.1) is 0 Å². The molecule has 0 aliphatic rings. The summed E-state index contributed by atoms with van der Waals surface area (Å²) in [5, 5.41) is 18.0. The first-order chi connectivity index (χ1) is 9.51. The number of carboxylic acids is 2. The predicted molar refractivity (Wildman–Crippen MR) is 73.7 cm³/mol. The van der Waals surface area contributed by atoms with Gasteiger partial charge < -0.3 is 10.2 Å². The van der Waals surface area contributed by atoms with Crippen LogP contribution in [-0.4, -0.2) is 27.1 Å². The lowest BCUT2D eigenvalue weighted by atomic mass is 10.0. The normalized spacial score (nSPS) is 10.0. The fourth-order valence-electron chi connectivity index (χ4n) is 1.73. The molecular formula is C15H11NO4. The number of aromatic nitrogens is 1. The highest BCUT2D eigenvalue weighted by atomic mass is 16.4. The molecule has 1 aromatic carbocycles. The molecular weight excluding hydrogens is 258 g/mol. The third-order valence-corrected chi connectivity index (χ3v) is 2.74. The third kappa shape index (κ3) is 2.72. The van der Waals surface area contributed by atoms with Crippen LogP contribution < -0.4 is 0 Å². The fraction of sp³-hybridized carbons (Fsp3) is 0. The monoisotopic (exact) mass is 269 g/mol. The Labute approximate surface area is 114 Å². The molecule has 0 radical (unpaired) electrons. The number of benzene rings is 1. The van der Waals surface area contributed by atoms with E-state index in [0.29, 0.717) is 11.1 Å². The molecule has 0 saturated heterocycles. The van der Waals surface area contributed by atoms with Crippen LogP contribution in [0.15, 0.2) is 43.0 Å². The molecule has 0 unspecified atom stereocenters. The van der Waals surface area contributed by atoms with Crippen molar-refractivity contribution in [1.82, 2.24) is 4.98 Å². The maximum absolute atomic E-state index is 11.0. The molecule has 2 aromatic rings. The van der Waals surface area contributed by atoms with Gasteiger partial charge in [0.1, 0.15) is 11.4 Å². The smallest absolute Gasteiger partial charge is 0.354 e. The van der Waals surface area contributed by atoms with Crippen LogP contribution in [0.5, 0.6) is 0 Å². The molecule has 1 heterocycles. The van der Waals surface area contributed by atoms with Crippen LogP contribution in [0.2, 0.25) is 0 Å². The molecule has 2 rings (SSSR count). The van der Waals surface area contributed by atoms with Crippen LogP contribution in [0.3, 0.4) is 0 Å². The molecule has 0 aliphatic carbocycles. The number of pyridine rings is 1. The summed E-state index contributed by atoms with van der Waals surface area (Å²) in [5.41, 5.74) is 1.52. The summed E-state index contributed by atoms with van der Waals surface area (Å²) in [6, 6.07) is 9.84. The summed E-state index contributed by atoms with van der Waals surface area (Å²) in [4.78, 5) is 25.6. The first-order valence-corrected chi connectivity index (χ1v) is 5.73. The van der Waals surface area contributed by atoms with Crippen LogP contribution in [0.1, 0.15) is 26.5 Å². The van der Waals surface area contributed by atoms with Crippen molar-refractivity contribution < 1.29 is 19.8 Å². The van der Waals surface area contributed by atoms with Gasteiger partial charge in [-0.25, -0.2) is 14.6 Å². The maximum atomic E-state index is 11.0. The summed E-state index contributed by atoms with van der Waals surface area (Å²) in [5.74, 6) is -2.53.